The number of rotatable bonds is 8. The Morgan fingerprint density at radius 3 is 2.13 bits per heavy atom. The molecule has 0 saturated heterocycles. The Kier molecular flexibility index (Phi) is 9.24. The van der Waals surface area contributed by atoms with Crippen LogP contribution in [-0.2, 0) is 20.0 Å². The normalized spacial score (nSPS) is 17.5. The average Bonchev–Trinajstić information content (AvgIpc) is 2.86. The first-order valence-corrected chi connectivity index (χ1v) is 17.3. The van der Waals surface area contributed by atoms with Crippen molar-refractivity contribution in [2.45, 2.75) is 104 Å². The summed E-state index contributed by atoms with van der Waals surface area (Å²) in [6, 6.07) is 14.7. The van der Waals surface area contributed by atoms with Gasteiger partial charge in [0, 0.05) is 0 Å². The molecule has 0 heterocycles. The second kappa shape index (κ2) is 11.6. The van der Waals surface area contributed by atoms with E-state index in [4.69, 9.17) is 9.16 Å². The molecule has 1 aliphatic rings. The molecule has 212 valence electrons. The highest BCUT2D eigenvalue weighted by Gasteiger charge is 2.38. The van der Waals surface area contributed by atoms with Crippen LogP contribution < -0.4 is 0 Å². The molecule has 0 aliphatic heterocycles. The van der Waals surface area contributed by atoms with Crippen LogP contribution in [0.25, 0.3) is 11.1 Å². The van der Waals surface area contributed by atoms with Crippen molar-refractivity contribution in [1.82, 2.24) is 0 Å². The molecular formula is C35H50O3Si. The minimum atomic E-state index is -1.97. The third kappa shape index (κ3) is 7.21. The van der Waals surface area contributed by atoms with E-state index in [1.165, 1.54) is 35.1 Å². The number of fused-ring (bicyclic) bond motifs is 1. The van der Waals surface area contributed by atoms with Crippen molar-refractivity contribution in [1.29, 1.82) is 0 Å². The maximum atomic E-state index is 12.5. The van der Waals surface area contributed by atoms with Gasteiger partial charge in [0.2, 0.25) is 0 Å². The average molecular weight is 547 g/mol. The summed E-state index contributed by atoms with van der Waals surface area (Å²) < 4.78 is 11.9. The first-order chi connectivity index (χ1) is 18.0. The summed E-state index contributed by atoms with van der Waals surface area (Å²) in [5.74, 6) is -0.296. The van der Waals surface area contributed by atoms with Crippen LogP contribution in [0.15, 0.2) is 54.6 Å². The fourth-order valence-corrected chi connectivity index (χ4v) is 5.87. The van der Waals surface area contributed by atoms with Crippen LogP contribution in [0.5, 0.6) is 0 Å². The van der Waals surface area contributed by atoms with Gasteiger partial charge < -0.3 is 9.16 Å². The van der Waals surface area contributed by atoms with Gasteiger partial charge in [0.05, 0.1) is 18.8 Å². The van der Waals surface area contributed by atoms with Crippen molar-refractivity contribution in [3.8, 4) is 0 Å². The summed E-state index contributed by atoms with van der Waals surface area (Å²) in [5.41, 5.74) is 8.39. The SMILES string of the molecule is CCOC(=O)c1cccc(C(=CC=C(C)c2ccc3c(c2)C(C)(C)CCC3(C)C)CO[Si](C)(C)C(C)(C)C)c1. The number of benzene rings is 2. The summed E-state index contributed by atoms with van der Waals surface area (Å²) in [6.45, 7) is 25.7. The van der Waals surface area contributed by atoms with Gasteiger partial charge in [-0.25, -0.2) is 4.79 Å². The Morgan fingerprint density at radius 2 is 1.51 bits per heavy atom. The Morgan fingerprint density at radius 1 is 0.897 bits per heavy atom. The molecule has 0 amide bonds. The summed E-state index contributed by atoms with van der Waals surface area (Å²) in [5, 5.41) is 0.111. The molecule has 0 bridgehead atoms. The summed E-state index contributed by atoms with van der Waals surface area (Å²) in [6.07, 6.45) is 6.78. The molecule has 0 radical (unpaired) electrons. The fourth-order valence-electron chi connectivity index (χ4n) is 4.92. The Balaban J connectivity index is 2.02. The maximum absolute atomic E-state index is 12.5. The van der Waals surface area contributed by atoms with Gasteiger partial charge in [-0.2, -0.15) is 0 Å². The van der Waals surface area contributed by atoms with Gasteiger partial charge in [0.25, 0.3) is 0 Å². The summed E-state index contributed by atoms with van der Waals surface area (Å²) >= 11 is 0. The molecule has 2 aromatic carbocycles. The van der Waals surface area contributed by atoms with Crippen molar-refractivity contribution in [2.24, 2.45) is 0 Å². The third-order valence-corrected chi connectivity index (χ3v) is 13.5. The van der Waals surface area contributed by atoms with Crippen molar-refractivity contribution >= 4 is 25.4 Å². The molecule has 4 heteroatoms. The van der Waals surface area contributed by atoms with Crippen LogP contribution in [0.3, 0.4) is 0 Å². The first kappa shape index (κ1) is 31.1. The van der Waals surface area contributed by atoms with Crippen LogP contribution >= 0.6 is 0 Å². The highest BCUT2D eigenvalue weighted by atomic mass is 28.4. The monoisotopic (exact) mass is 546 g/mol. The minimum Gasteiger partial charge on any atom is -0.462 e. The minimum absolute atomic E-state index is 0.111. The Hall–Kier alpha value is -2.43. The van der Waals surface area contributed by atoms with E-state index in [-0.39, 0.29) is 21.8 Å². The molecule has 0 spiro atoms. The summed E-state index contributed by atoms with van der Waals surface area (Å²) in [7, 11) is -1.97. The van der Waals surface area contributed by atoms with Gasteiger partial charge in [-0.05, 0) is 101 Å². The third-order valence-electron chi connectivity index (χ3n) is 8.98. The zero-order valence-corrected chi connectivity index (χ0v) is 27.2. The number of allylic oxidation sites excluding steroid dienone is 3. The quantitative estimate of drug-likeness (QED) is 0.188. The van der Waals surface area contributed by atoms with Crippen molar-refractivity contribution < 1.29 is 14.0 Å². The largest absolute Gasteiger partial charge is 0.462 e. The second-order valence-electron chi connectivity index (χ2n) is 13.9. The molecule has 2 aromatic rings. The van der Waals surface area contributed by atoms with E-state index in [1.807, 2.05) is 25.1 Å². The lowest BCUT2D eigenvalue weighted by atomic mass is 9.63. The number of hydrogen-bond acceptors (Lipinski definition) is 3. The molecule has 0 atom stereocenters. The van der Waals surface area contributed by atoms with Crippen LogP contribution in [0.2, 0.25) is 18.1 Å². The van der Waals surface area contributed by atoms with E-state index in [1.54, 1.807) is 0 Å². The van der Waals surface area contributed by atoms with Crippen molar-refractivity contribution in [3.05, 3.63) is 82.4 Å². The number of esters is 1. The molecule has 3 rings (SSSR count). The zero-order chi connectivity index (χ0) is 29.2. The predicted molar refractivity (Wildman–Crippen MR) is 169 cm³/mol. The fraction of sp³-hybridized carbons (Fsp3) is 0.514. The van der Waals surface area contributed by atoms with E-state index in [0.29, 0.717) is 18.8 Å². The van der Waals surface area contributed by atoms with Crippen LogP contribution in [-0.4, -0.2) is 27.5 Å². The van der Waals surface area contributed by atoms with Crippen molar-refractivity contribution in [3.63, 3.8) is 0 Å². The van der Waals surface area contributed by atoms with Gasteiger partial charge >= 0.3 is 5.97 Å². The van der Waals surface area contributed by atoms with Gasteiger partial charge in [-0.15, -0.1) is 0 Å². The van der Waals surface area contributed by atoms with E-state index in [0.717, 1.165) is 11.1 Å². The van der Waals surface area contributed by atoms with Crippen molar-refractivity contribution in [2.75, 3.05) is 13.2 Å². The molecule has 39 heavy (non-hydrogen) atoms. The number of carbonyl (C=O) groups excluding carboxylic acids is 1. The van der Waals surface area contributed by atoms with Gasteiger partial charge in [0.1, 0.15) is 0 Å². The van der Waals surface area contributed by atoms with E-state index in [9.17, 15) is 4.79 Å². The lowest BCUT2D eigenvalue weighted by Crippen LogP contribution is -2.41. The lowest BCUT2D eigenvalue weighted by Gasteiger charge is -2.42. The van der Waals surface area contributed by atoms with Crippen LogP contribution in [0.4, 0.5) is 0 Å². The smallest absolute Gasteiger partial charge is 0.338 e. The van der Waals surface area contributed by atoms with Crippen LogP contribution in [0.1, 0.15) is 108 Å². The first-order valence-electron chi connectivity index (χ1n) is 14.4. The zero-order valence-electron chi connectivity index (χ0n) is 26.2. The van der Waals surface area contributed by atoms with E-state index in [2.05, 4.69) is 105 Å². The van der Waals surface area contributed by atoms with Gasteiger partial charge in [-0.1, -0.05) is 91.0 Å². The Bertz CT molecular complexity index is 1250. The lowest BCUT2D eigenvalue weighted by molar-refractivity contribution is 0.0526. The Labute approximate surface area is 238 Å². The second-order valence-corrected chi connectivity index (χ2v) is 18.7. The van der Waals surface area contributed by atoms with E-state index >= 15 is 0 Å². The van der Waals surface area contributed by atoms with Gasteiger partial charge in [0.15, 0.2) is 8.32 Å². The molecule has 3 nitrogen and oxygen atoms in total. The standard InChI is InChI=1S/C35H50O3Si/c1-12-37-32(36)28-15-13-14-27(22-28)29(24-38-39(10,11)33(3,4)5)17-16-25(2)26-18-19-30-31(23-26)35(8,9)21-20-34(30,6)7/h13-19,22-23H,12,20-21,24H2,1-11H3. The molecule has 0 N–H and O–H groups in total. The molecule has 0 fully saturated rings. The van der Waals surface area contributed by atoms with E-state index < -0.39 is 8.32 Å². The predicted octanol–water partition coefficient (Wildman–Crippen LogP) is 9.72. The highest BCUT2D eigenvalue weighted by molar-refractivity contribution is 6.74. The number of hydrogen-bond donors (Lipinski definition) is 0. The number of ether oxygens (including phenoxy) is 1. The molecule has 0 saturated carbocycles. The molecule has 0 unspecified atom stereocenters. The molecular weight excluding hydrogens is 496 g/mol. The topological polar surface area (TPSA) is 35.5 Å². The van der Waals surface area contributed by atoms with Gasteiger partial charge in [-0.3, -0.25) is 0 Å². The summed E-state index contributed by atoms with van der Waals surface area (Å²) in [4.78, 5) is 12.5. The maximum Gasteiger partial charge on any atom is 0.338 e. The van der Waals surface area contributed by atoms with Crippen LogP contribution in [0, 0.1) is 0 Å². The highest BCUT2D eigenvalue weighted by Crippen LogP contribution is 2.46. The molecule has 0 aromatic heterocycles. The molecule has 1 aliphatic carbocycles. The number of carbonyl (C=O) groups is 1.